The molecule has 1 heterocycles. The van der Waals surface area contributed by atoms with Crippen molar-refractivity contribution in [1.29, 1.82) is 0 Å². The third-order valence-corrected chi connectivity index (χ3v) is 6.65. The van der Waals surface area contributed by atoms with E-state index in [9.17, 15) is 17.6 Å². The van der Waals surface area contributed by atoms with Gasteiger partial charge in [0.1, 0.15) is 5.82 Å². The standard InChI is InChI=1S/C17H16FIN2O3S/c18-14-11-13(5-6-15(14)19)17(22)20-8-10-25(23,24)21-9-7-12-3-1-2-4-16(12)21/h1-6,11H,7-10H2,(H,20,22). The number of amides is 1. The Hall–Kier alpha value is -1.68. The van der Waals surface area contributed by atoms with Gasteiger partial charge in [0, 0.05) is 22.2 Å². The summed E-state index contributed by atoms with van der Waals surface area (Å²) in [6.45, 7) is 0.380. The van der Waals surface area contributed by atoms with E-state index in [2.05, 4.69) is 5.32 Å². The van der Waals surface area contributed by atoms with Gasteiger partial charge in [-0.2, -0.15) is 0 Å². The molecule has 0 aromatic heterocycles. The Morgan fingerprint density at radius 1 is 1.24 bits per heavy atom. The van der Waals surface area contributed by atoms with Gasteiger partial charge in [0.2, 0.25) is 10.0 Å². The number of sulfonamides is 1. The Kier molecular flexibility index (Phi) is 5.28. The van der Waals surface area contributed by atoms with E-state index in [0.29, 0.717) is 22.2 Å². The Morgan fingerprint density at radius 3 is 2.76 bits per heavy atom. The molecule has 0 bridgehead atoms. The maximum Gasteiger partial charge on any atom is 0.251 e. The summed E-state index contributed by atoms with van der Waals surface area (Å²) in [5.41, 5.74) is 1.87. The summed E-state index contributed by atoms with van der Waals surface area (Å²) in [6, 6.07) is 11.5. The van der Waals surface area contributed by atoms with Crippen LogP contribution in [-0.4, -0.2) is 33.2 Å². The zero-order chi connectivity index (χ0) is 18.0. The van der Waals surface area contributed by atoms with Gasteiger partial charge in [-0.1, -0.05) is 18.2 Å². The van der Waals surface area contributed by atoms with E-state index >= 15 is 0 Å². The number of para-hydroxylation sites is 1. The van der Waals surface area contributed by atoms with Crippen LogP contribution in [0.25, 0.3) is 0 Å². The molecule has 25 heavy (non-hydrogen) atoms. The normalized spacial score (nSPS) is 13.6. The van der Waals surface area contributed by atoms with E-state index in [4.69, 9.17) is 0 Å². The topological polar surface area (TPSA) is 66.5 Å². The number of anilines is 1. The highest BCUT2D eigenvalue weighted by Crippen LogP contribution is 2.29. The molecule has 0 spiro atoms. The number of hydrogen-bond acceptors (Lipinski definition) is 3. The third kappa shape index (κ3) is 3.95. The maximum absolute atomic E-state index is 13.5. The van der Waals surface area contributed by atoms with Crippen molar-refractivity contribution in [3.8, 4) is 0 Å². The van der Waals surface area contributed by atoms with Crippen molar-refractivity contribution in [2.45, 2.75) is 6.42 Å². The minimum atomic E-state index is -3.52. The van der Waals surface area contributed by atoms with Crippen LogP contribution in [0.15, 0.2) is 42.5 Å². The van der Waals surface area contributed by atoms with Crippen LogP contribution in [0.4, 0.5) is 10.1 Å². The predicted molar refractivity (Wildman–Crippen MR) is 103 cm³/mol. The lowest BCUT2D eigenvalue weighted by Crippen LogP contribution is -2.37. The van der Waals surface area contributed by atoms with E-state index < -0.39 is 21.7 Å². The zero-order valence-electron chi connectivity index (χ0n) is 13.2. The molecule has 1 amide bonds. The van der Waals surface area contributed by atoms with Crippen molar-refractivity contribution < 1.29 is 17.6 Å². The van der Waals surface area contributed by atoms with Gasteiger partial charge in [-0.15, -0.1) is 0 Å². The van der Waals surface area contributed by atoms with E-state index in [0.717, 1.165) is 11.6 Å². The quantitative estimate of drug-likeness (QED) is 0.678. The SMILES string of the molecule is O=C(NCCS(=O)(=O)N1CCc2ccccc21)c1ccc(I)c(F)c1. The van der Waals surface area contributed by atoms with Gasteiger partial charge < -0.3 is 5.32 Å². The number of benzene rings is 2. The summed E-state index contributed by atoms with van der Waals surface area (Å²) >= 11 is 1.83. The predicted octanol–water partition coefficient (Wildman–Crippen LogP) is 2.55. The van der Waals surface area contributed by atoms with Crippen molar-refractivity contribution in [2.75, 3.05) is 23.1 Å². The monoisotopic (exact) mass is 474 g/mol. The molecule has 0 unspecified atom stereocenters. The van der Waals surface area contributed by atoms with Crippen LogP contribution in [0, 0.1) is 9.39 Å². The van der Waals surface area contributed by atoms with E-state index in [1.54, 1.807) is 12.1 Å². The van der Waals surface area contributed by atoms with Crippen LogP contribution >= 0.6 is 22.6 Å². The third-order valence-electron chi connectivity index (χ3n) is 4.01. The minimum absolute atomic E-state index is 0.0343. The average molecular weight is 474 g/mol. The van der Waals surface area contributed by atoms with Gasteiger partial charge in [-0.3, -0.25) is 9.10 Å². The lowest BCUT2D eigenvalue weighted by atomic mass is 10.2. The first kappa shape index (κ1) is 18.1. The second kappa shape index (κ2) is 7.28. The molecule has 2 aromatic rings. The summed E-state index contributed by atoms with van der Waals surface area (Å²) in [6.07, 6.45) is 0.684. The molecule has 5 nitrogen and oxygen atoms in total. The van der Waals surface area contributed by atoms with Crippen LogP contribution in [0.1, 0.15) is 15.9 Å². The molecule has 0 radical (unpaired) electrons. The van der Waals surface area contributed by atoms with Crippen molar-refractivity contribution in [3.05, 3.63) is 63.0 Å². The number of nitrogens with zero attached hydrogens (tertiary/aromatic N) is 1. The van der Waals surface area contributed by atoms with Crippen LogP contribution in [0.5, 0.6) is 0 Å². The molecule has 3 rings (SSSR count). The van der Waals surface area contributed by atoms with Crippen molar-refractivity contribution >= 4 is 44.2 Å². The summed E-state index contributed by atoms with van der Waals surface area (Å²) in [7, 11) is -3.52. The number of carbonyl (C=O) groups excluding carboxylic acids is 1. The second-order valence-corrected chi connectivity index (χ2v) is 8.83. The van der Waals surface area contributed by atoms with Gasteiger partial charge in [0.05, 0.1) is 11.4 Å². The molecule has 2 aromatic carbocycles. The van der Waals surface area contributed by atoms with E-state index in [1.807, 2.05) is 34.7 Å². The Morgan fingerprint density at radius 2 is 2.00 bits per heavy atom. The van der Waals surface area contributed by atoms with Crippen LogP contribution in [0.3, 0.4) is 0 Å². The number of halogens is 2. The van der Waals surface area contributed by atoms with Crippen LogP contribution in [-0.2, 0) is 16.4 Å². The van der Waals surface area contributed by atoms with Gasteiger partial charge in [0.15, 0.2) is 0 Å². The van der Waals surface area contributed by atoms with Gasteiger partial charge in [-0.25, -0.2) is 12.8 Å². The molecular weight excluding hydrogens is 458 g/mol. The van der Waals surface area contributed by atoms with E-state index in [1.165, 1.54) is 16.4 Å². The number of rotatable bonds is 5. The molecule has 0 atom stereocenters. The highest BCUT2D eigenvalue weighted by Gasteiger charge is 2.28. The fourth-order valence-corrected chi connectivity index (χ4v) is 4.50. The minimum Gasteiger partial charge on any atom is -0.351 e. The molecular formula is C17H16FIN2O3S. The fraction of sp³-hybridized carbons (Fsp3) is 0.235. The first-order chi connectivity index (χ1) is 11.9. The molecule has 0 fully saturated rings. The van der Waals surface area contributed by atoms with Gasteiger partial charge in [-0.05, 0) is 58.8 Å². The van der Waals surface area contributed by atoms with Crippen LogP contribution in [0.2, 0.25) is 0 Å². The van der Waals surface area contributed by atoms with Crippen molar-refractivity contribution in [1.82, 2.24) is 5.32 Å². The van der Waals surface area contributed by atoms with E-state index in [-0.39, 0.29) is 17.9 Å². The second-order valence-electron chi connectivity index (χ2n) is 5.65. The summed E-state index contributed by atoms with van der Waals surface area (Å²) in [5, 5.41) is 2.54. The number of nitrogens with one attached hydrogen (secondary N) is 1. The molecule has 1 aliphatic heterocycles. The number of hydrogen-bond donors (Lipinski definition) is 1. The lowest BCUT2D eigenvalue weighted by molar-refractivity contribution is 0.0955. The molecule has 1 aliphatic rings. The summed E-state index contributed by atoms with van der Waals surface area (Å²) in [4.78, 5) is 12.0. The average Bonchev–Trinajstić information content (AvgIpc) is 3.02. The highest BCUT2D eigenvalue weighted by molar-refractivity contribution is 14.1. The van der Waals surface area contributed by atoms with Crippen molar-refractivity contribution in [3.63, 3.8) is 0 Å². The zero-order valence-corrected chi connectivity index (χ0v) is 16.2. The Bertz CT molecular complexity index is 918. The first-order valence-electron chi connectivity index (χ1n) is 7.70. The lowest BCUT2D eigenvalue weighted by Gasteiger charge is -2.19. The number of fused-ring (bicyclic) bond motifs is 1. The molecule has 0 aliphatic carbocycles. The molecule has 0 saturated carbocycles. The Labute approximate surface area is 159 Å². The summed E-state index contributed by atoms with van der Waals surface area (Å²) < 4.78 is 40.4. The van der Waals surface area contributed by atoms with Crippen LogP contribution < -0.4 is 9.62 Å². The van der Waals surface area contributed by atoms with Gasteiger partial charge in [0.25, 0.3) is 5.91 Å². The van der Waals surface area contributed by atoms with Crippen molar-refractivity contribution in [2.24, 2.45) is 0 Å². The molecule has 8 heteroatoms. The smallest absolute Gasteiger partial charge is 0.251 e. The molecule has 132 valence electrons. The number of carbonyl (C=O) groups is 1. The maximum atomic E-state index is 13.5. The van der Waals surface area contributed by atoms with Gasteiger partial charge >= 0.3 is 0 Å². The molecule has 0 saturated heterocycles. The fourth-order valence-electron chi connectivity index (χ4n) is 2.74. The highest BCUT2D eigenvalue weighted by atomic mass is 127. The largest absolute Gasteiger partial charge is 0.351 e. The molecule has 1 N–H and O–H groups in total. The summed E-state index contributed by atoms with van der Waals surface area (Å²) in [5.74, 6) is -1.18. The first-order valence-corrected chi connectivity index (χ1v) is 10.4. The Balaban J connectivity index is 1.61.